The summed E-state index contributed by atoms with van der Waals surface area (Å²) >= 11 is 0. The van der Waals surface area contributed by atoms with Crippen LogP contribution in [-0.4, -0.2) is 32.3 Å². The lowest BCUT2D eigenvalue weighted by atomic mass is 10.1. The molecule has 0 fully saturated rings. The lowest BCUT2D eigenvalue weighted by Crippen LogP contribution is -2.22. The Morgan fingerprint density at radius 3 is 2.81 bits per heavy atom. The van der Waals surface area contributed by atoms with Crippen LogP contribution >= 0.6 is 0 Å². The molecule has 0 atom stereocenters. The van der Waals surface area contributed by atoms with E-state index in [0.29, 0.717) is 24.6 Å². The second-order valence-corrected chi connectivity index (χ2v) is 4.93. The molecular formula is C16H24N2O3. The van der Waals surface area contributed by atoms with E-state index in [1.54, 1.807) is 19.3 Å². The van der Waals surface area contributed by atoms with Crippen molar-refractivity contribution < 1.29 is 14.3 Å². The van der Waals surface area contributed by atoms with Crippen LogP contribution in [0.1, 0.15) is 25.8 Å². The Bertz CT molecular complexity index is 484. The number of hydrogen-bond acceptors (Lipinski definition) is 4. The van der Waals surface area contributed by atoms with Crippen LogP contribution in [0.15, 0.2) is 24.3 Å². The topological polar surface area (TPSA) is 73.6 Å². The van der Waals surface area contributed by atoms with Crippen LogP contribution in [0.5, 0.6) is 5.75 Å². The van der Waals surface area contributed by atoms with Gasteiger partial charge in [-0.1, -0.05) is 6.07 Å². The minimum Gasteiger partial charge on any atom is -0.489 e. The van der Waals surface area contributed by atoms with Gasteiger partial charge in [-0.2, -0.15) is 0 Å². The summed E-state index contributed by atoms with van der Waals surface area (Å²) in [5.74, 6) is 0.526. The number of rotatable bonds is 8. The minimum absolute atomic E-state index is 0.0755. The van der Waals surface area contributed by atoms with E-state index in [-0.39, 0.29) is 12.0 Å². The van der Waals surface area contributed by atoms with Gasteiger partial charge < -0.3 is 20.5 Å². The number of hydrogen-bond donors (Lipinski definition) is 2. The minimum atomic E-state index is -0.132. The summed E-state index contributed by atoms with van der Waals surface area (Å²) in [5, 5.41) is 2.78. The molecule has 0 bridgehead atoms. The van der Waals surface area contributed by atoms with Crippen LogP contribution in [0.4, 0.5) is 5.69 Å². The van der Waals surface area contributed by atoms with Crippen molar-refractivity contribution in [1.29, 1.82) is 0 Å². The Labute approximate surface area is 126 Å². The number of carbonyl (C=O) groups is 1. The number of carbonyl (C=O) groups excluding carboxylic acids is 1. The monoisotopic (exact) mass is 292 g/mol. The summed E-state index contributed by atoms with van der Waals surface area (Å²) in [7, 11) is 1.64. The third kappa shape index (κ3) is 6.81. The van der Waals surface area contributed by atoms with E-state index >= 15 is 0 Å². The van der Waals surface area contributed by atoms with Crippen molar-refractivity contribution >= 4 is 17.7 Å². The molecule has 0 aliphatic rings. The summed E-state index contributed by atoms with van der Waals surface area (Å²) in [5.41, 5.74) is 7.33. The van der Waals surface area contributed by atoms with Crippen LogP contribution in [0.2, 0.25) is 0 Å². The lowest BCUT2D eigenvalue weighted by molar-refractivity contribution is -0.116. The molecule has 1 aromatic rings. The molecule has 0 saturated heterocycles. The molecule has 0 unspecified atom stereocenters. The van der Waals surface area contributed by atoms with Crippen molar-refractivity contribution in [3.8, 4) is 5.75 Å². The van der Waals surface area contributed by atoms with E-state index in [9.17, 15) is 4.79 Å². The maximum Gasteiger partial charge on any atom is 0.244 e. The van der Waals surface area contributed by atoms with Gasteiger partial charge in [0, 0.05) is 26.3 Å². The zero-order valence-electron chi connectivity index (χ0n) is 12.9. The fourth-order valence-electron chi connectivity index (χ4n) is 1.69. The van der Waals surface area contributed by atoms with Crippen molar-refractivity contribution in [2.75, 3.05) is 26.0 Å². The largest absolute Gasteiger partial charge is 0.489 e. The van der Waals surface area contributed by atoms with Crippen LogP contribution in [0, 0.1) is 0 Å². The van der Waals surface area contributed by atoms with E-state index in [4.69, 9.17) is 15.2 Å². The van der Waals surface area contributed by atoms with Crippen LogP contribution in [0.3, 0.4) is 0 Å². The highest BCUT2D eigenvalue weighted by atomic mass is 16.5. The molecule has 0 saturated carbocycles. The van der Waals surface area contributed by atoms with Gasteiger partial charge in [-0.05, 0) is 44.0 Å². The van der Waals surface area contributed by atoms with E-state index in [2.05, 4.69) is 5.32 Å². The summed E-state index contributed by atoms with van der Waals surface area (Å²) < 4.78 is 10.5. The molecular weight excluding hydrogens is 268 g/mol. The highest BCUT2D eigenvalue weighted by Crippen LogP contribution is 2.24. The Morgan fingerprint density at radius 2 is 2.19 bits per heavy atom. The Balaban J connectivity index is 2.52. The highest BCUT2D eigenvalue weighted by molar-refractivity contribution is 5.91. The molecule has 1 aromatic carbocycles. The molecule has 0 aliphatic carbocycles. The lowest BCUT2D eigenvalue weighted by Gasteiger charge is -2.12. The molecule has 1 rings (SSSR count). The van der Waals surface area contributed by atoms with Gasteiger partial charge in [-0.25, -0.2) is 0 Å². The van der Waals surface area contributed by atoms with Gasteiger partial charge in [0.25, 0.3) is 0 Å². The average Bonchev–Trinajstić information content (AvgIpc) is 2.43. The molecule has 21 heavy (non-hydrogen) atoms. The first kappa shape index (κ1) is 17.0. The maximum atomic E-state index is 11.6. The summed E-state index contributed by atoms with van der Waals surface area (Å²) in [4.78, 5) is 11.6. The fraction of sp³-hybridized carbons (Fsp3) is 0.438. The molecule has 5 heteroatoms. The first-order chi connectivity index (χ1) is 10.0. The van der Waals surface area contributed by atoms with Crippen molar-refractivity contribution in [1.82, 2.24) is 5.32 Å². The van der Waals surface area contributed by atoms with Crippen molar-refractivity contribution in [2.24, 2.45) is 0 Å². The third-order valence-corrected chi connectivity index (χ3v) is 2.65. The van der Waals surface area contributed by atoms with E-state index in [1.165, 1.54) is 6.08 Å². The van der Waals surface area contributed by atoms with Crippen molar-refractivity contribution in [3.05, 3.63) is 29.8 Å². The summed E-state index contributed by atoms with van der Waals surface area (Å²) in [6.45, 7) is 5.13. The maximum absolute atomic E-state index is 11.6. The molecule has 1 amide bonds. The Kier molecular flexibility index (Phi) is 7.32. The van der Waals surface area contributed by atoms with E-state index in [0.717, 1.165) is 12.0 Å². The van der Waals surface area contributed by atoms with Gasteiger partial charge in [-0.15, -0.1) is 0 Å². The summed E-state index contributed by atoms with van der Waals surface area (Å²) in [6.07, 6.45) is 4.09. The predicted octanol–water partition coefficient (Wildman–Crippen LogP) is 2.22. The van der Waals surface area contributed by atoms with Crippen molar-refractivity contribution in [3.63, 3.8) is 0 Å². The number of ether oxygens (including phenoxy) is 2. The second kappa shape index (κ2) is 9.02. The number of nitrogen functional groups attached to an aromatic ring is 1. The van der Waals surface area contributed by atoms with Gasteiger partial charge in [0.05, 0.1) is 11.8 Å². The van der Waals surface area contributed by atoms with Crippen LogP contribution < -0.4 is 15.8 Å². The Hall–Kier alpha value is -2.01. The molecule has 0 spiro atoms. The molecule has 0 heterocycles. The molecule has 0 aromatic heterocycles. The average molecular weight is 292 g/mol. The van der Waals surface area contributed by atoms with Gasteiger partial charge in [0.15, 0.2) is 0 Å². The van der Waals surface area contributed by atoms with Gasteiger partial charge in [0.2, 0.25) is 5.91 Å². The van der Waals surface area contributed by atoms with E-state index in [1.807, 2.05) is 26.0 Å². The normalized spacial score (nSPS) is 11.0. The smallest absolute Gasteiger partial charge is 0.244 e. The molecule has 3 N–H and O–H groups in total. The zero-order valence-corrected chi connectivity index (χ0v) is 12.9. The number of methoxy groups -OCH3 is 1. The first-order valence-corrected chi connectivity index (χ1v) is 7.04. The number of nitrogens with one attached hydrogen (secondary N) is 1. The number of amides is 1. The van der Waals surface area contributed by atoms with Crippen LogP contribution in [-0.2, 0) is 9.53 Å². The van der Waals surface area contributed by atoms with Gasteiger partial charge in [-0.3, -0.25) is 4.79 Å². The predicted molar refractivity (Wildman–Crippen MR) is 85.2 cm³/mol. The van der Waals surface area contributed by atoms with Crippen molar-refractivity contribution in [2.45, 2.75) is 26.4 Å². The quantitative estimate of drug-likeness (QED) is 0.438. The molecule has 5 nitrogen and oxygen atoms in total. The zero-order chi connectivity index (χ0) is 15.7. The van der Waals surface area contributed by atoms with Crippen LogP contribution in [0.25, 0.3) is 6.08 Å². The number of anilines is 1. The van der Waals surface area contributed by atoms with Gasteiger partial charge >= 0.3 is 0 Å². The fourth-order valence-corrected chi connectivity index (χ4v) is 1.69. The van der Waals surface area contributed by atoms with Gasteiger partial charge in [0.1, 0.15) is 5.75 Å². The number of nitrogens with two attached hydrogens (primary N) is 1. The van der Waals surface area contributed by atoms with E-state index < -0.39 is 0 Å². The summed E-state index contributed by atoms with van der Waals surface area (Å²) in [6, 6.07) is 5.46. The SMILES string of the molecule is COCCCNC(=O)/C=C\c1ccc(OC(C)C)c(N)c1. The molecule has 116 valence electrons. The second-order valence-electron chi connectivity index (χ2n) is 4.93. The molecule has 0 radical (unpaired) electrons. The standard InChI is InChI=1S/C16H24N2O3/c1-12(2)21-15-7-5-13(11-14(15)17)6-8-16(19)18-9-4-10-20-3/h5-8,11-12H,4,9-10,17H2,1-3H3,(H,18,19)/b8-6-. The molecule has 0 aliphatic heterocycles. The number of benzene rings is 1. The third-order valence-electron chi connectivity index (χ3n) is 2.65. The highest BCUT2D eigenvalue weighted by Gasteiger charge is 2.03. The first-order valence-electron chi connectivity index (χ1n) is 7.04. The Morgan fingerprint density at radius 1 is 1.43 bits per heavy atom.